The van der Waals surface area contributed by atoms with Gasteiger partial charge in [0.25, 0.3) is 0 Å². The fourth-order valence-corrected chi connectivity index (χ4v) is 3.84. The minimum absolute atomic E-state index is 0.0289. The van der Waals surface area contributed by atoms with E-state index in [4.69, 9.17) is 28.3 Å². The highest BCUT2D eigenvalue weighted by Crippen LogP contribution is 2.42. The first-order valence-electron chi connectivity index (χ1n) is 8.15. The molecule has 4 rings (SSSR count). The van der Waals surface area contributed by atoms with Crippen LogP contribution in [0.5, 0.6) is 0 Å². The van der Waals surface area contributed by atoms with Crippen LogP contribution in [0, 0.1) is 0 Å². The summed E-state index contributed by atoms with van der Waals surface area (Å²) in [6.07, 6.45) is 0.752. The molecule has 0 radical (unpaired) electrons. The molecule has 0 aliphatic carbocycles. The van der Waals surface area contributed by atoms with Crippen molar-refractivity contribution in [3.63, 3.8) is 0 Å². The summed E-state index contributed by atoms with van der Waals surface area (Å²) >= 11 is 13.0. The smallest absolute Gasteiger partial charge is 0.0860 e. The minimum atomic E-state index is -0.0289. The quantitative estimate of drug-likeness (QED) is 0.527. The normalized spacial score (nSPS) is 16.8. The molecule has 0 unspecified atom stereocenters. The molecule has 3 aromatic carbocycles. The van der Waals surface area contributed by atoms with Crippen LogP contribution in [-0.4, -0.2) is 5.71 Å². The van der Waals surface area contributed by atoms with Crippen LogP contribution in [-0.2, 0) is 0 Å². The summed E-state index contributed by atoms with van der Waals surface area (Å²) in [4.78, 5) is 0. The average molecular weight is 367 g/mol. The highest BCUT2D eigenvalue weighted by molar-refractivity contribution is 6.36. The van der Waals surface area contributed by atoms with E-state index in [9.17, 15) is 0 Å². The molecule has 1 aliphatic heterocycles. The Balaban J connectivity index is 1.81. The van der Waals surface area contributed by atoms with E-state index in [-0.39, 0.29) is 6.04 Å². The molecule has 0 spiro atoms. The van der Waals surface area contributed by atoms with Gasteiger partial charge in [-0.05, 0) is 29.8 Å². The molecule has 0 saturated carbocycles. The zero-order valence-corrected chi connectivity index (χ0v) is 15.0. The highest BCUT2D eigenvalue weighted by atomic mass is 35.5. The van der Waals surface area contributed by atoms with Gasteiger partial charge in [0.2, 0.25) is 0 Å². The van der Waals surface area contributed by atoms with Gasteiger partial charge in [0, 0.05) is 22.0 Å². The van der Waals surface area contributed by atoms with Gasteiger partial charge < -0.3 is 0 Å². The van der Waals surface area contributed by atoms with Crippen molar-refractivity contribution in [1.29, 1.82) is 0 Å². The Morgan fingerprint density at radius 3 is 2.00 bits per heavy atom. The number of nitrogens with zero attached hydrogens (tertiary/aromatic N) is 2. The summed E-state index contributed by atoms with van der Waals surface area (Å²) in [6, 6.07) is 26.0. The van der Waals surface area contributed by atoms with Crippen LogP contribution in [0.2, 0.25) is 10.0 Å². The lowest BCUT2D eigenvalue weighted by molar-refractivity contribution is 0.709. The molecule has 0 aromatic heterocycles. The monoisotopic (exact) mass is 366 g/mol. The zero-order valence-electron chi connectivity index (χ0n) is 13.4. The fraction of sp³-hybridized carbons (Fsp3) is 0.0952. The number of halogens is 2. The Hall–Kier alpha value is -2.29. The van der Waals surface area contributed by atoms with Crippen molar-refractivity contribution in [2.45, 2.75) is 12.5 Å². The zero-order chi connectivity index (χ0) is 17.2. The van der Waals surface area contributed by atoms with Crippen molar-refractivity contribution in [1.82, 2.24) is 0 Å². The number of hydrogen-bond donors (Lipinski definition) is 0. The van der Waals surface area contributed by atoms with Crippen molar-refractivity contribution in [2.75, 3.05) is 5.01 Å². The average Bonchev–Trinajstić information content (AvgIpc) is 3.08. The third kappa shape index (κ3) is 3.15. The van der Waals surface area contributed by atoms with Crippen LogP contribution in [0.3, 0.4) is 0 Å². The number of para-hydroxylation sites is 1. The number of hydrogen-bond acceptors (Lipinski definition) is 2. The summed E-state index contributed by atoms with van der Waals surface area (Å²) in [5, 5.41) is 8.26. The van der Waals surface area contributed by atoms with Gasteiger partial charge in [0.1, 0.15) is 0 Å². The van der Waals surface area contributed by atoms with Crippen LogP contribution < -0.4 is 5.01 Å². The molecule has 1 heterocycles. The molecule has 0 amide bonds. The van der Waals surface area contributed by atoms with Crippen LogP contribution >= 0.6 is 23.2 Å². The largest absolute Gasteiger partial charge is 0.257 e. The maximum absolute atomic E-state index is 6.49. The summed E-state index contributed by atoms with van der Waals surface area (Å²) in [7, 11) is 0. The maximum atomic E-state index is 6.49. The van der Waals surface area contributed by atoms with E-state index in [0.29, 0.717) is 10.0 Å². The molecule has 0 fully saturated rings. The highest BCUT2D eigenvalue weighted by Gasteiger charge is 2.32. The lowest BCUT2D eigenvalue weighted by Gasteiger charge is -2.25. The molecule has 1 aliphatic rings. The first-order chi connectivity index (χ1) is 12.2. The minimum Gasteiger partial charge on any atom is -0.257 e. The van der Waals surface area contributed by atoms with E-state index >= 15 is 0 Å². The second-order valence-electron chi connectivity index (χ2n) is 5.95. The molecule has 25 heavy (non-hydrogen) atoms. The van der Waals surface area contributed by atoms with Crippen LogP contribution in [0.1, 0.15) is 23.6 Å². The van der Waals surface area contributed by atoms with Gasteiger partial charge in [-0.1, -0.05) is 77.8 Å². The molecular formula is C21H16Cl2N2. The molecule has 1 atom stereocenters. The predicted molar refractivity (Wildman–Crippen MR) is 106 cm³/mol. The van der Waals surface area contributed by atoms with Crippen LogP contribution in [0.15, 0.2) is 84.0 Å². The second kappa shape index (κ2) is 6.91. The van der Waals surface area contributed by atoms with Crippen molar-refractivity contribution in [3.05, 3.63) is 100 Å². The summed E-state index contributed by atoms with van der Waals surface area (Å²) < 4.78 is 0. The van der Waals surface area contributed by atoms with Gasteiger partial charge in [-0.15, -0.1) is 0 Å². The number of benzene rings is 3. The molecule has 0 saturated heterocycles. The van der Waals surface area contributed by atoms with Crippen LogP contribution in [0.25, 0.3) is 0 Å². The van der Waals surface area contributed by atoms with Gasteiger partial charge >= 0.3 is 0 Å². The molecule has 4 heteroatoms. The Morgan fingerprint density at radius 2 is 1.36 bits per heavy atom. The van der Waals surface area contributed by atoms with E-state index < -0.39 is 0 Å². The van der Waals surface area contributed by atoms with Gasteiger partial charge in [0.05, 0.1) is 17.4 Å². The lowest BCUT2D eigenvalue weighted by atomic mass is 9.98. The summed E-state index contributed by atoms with van der Waals surface area (Å²) in [5.41, 5.74) is 4.10. The fourth-order valence-electron chi connectivity index (χ4n) is 3.19. The van der Waals surface area contributed by atoms with E-state index in [1.807, 2.05) is 59.6 Å². The van der Waals surface area contributed by atoms with E-state index in [0.717, 1.165) is 28.9 Å². The van der Waals surface area contributed by atoms with Crippen molar-refractivity contribution in [3.8, 4) is 0 Å². The molecule has 3 aromatic rings. The Morgan fingerprint density at radius 1 is 0.760 bits per heavy atom. The molecule has 124 valence electrons. The number of anilines is 1. The topological polar surface area (TPSA) is 15.6 Å². The third-order valence-corrected chi connectivity index (χ3v) is 5.03. The molecule has 0 N–H and O–H groups in total. The predicted octanol–water partition coefficient (Wildman–Crippen LogP) is 6.35. The van der Waals surface area contributed by atoms with Gasteiger partial charge in [-0.25, -0.2) is 0 Å². The van der Waals surface area contributed by atoms with Gasteiger partial charge in [0.15, 0.2) is 0 Å². The standard InChI is InChI=1S/C21H16Cl2N2/c22-17-12-7-13-18(23)21(17)20-14-19(15-8-3-1-4-9-15)24-25(20)16-10-5-2-6-11-16/h1-13,20H,14H2/t20-/m1/s1. The van der Waals surface area contributed by atoms with Crippen molar-refractivity contribution in [2.24, 2.45) is 5.10 Å². The lowest BCUT2D eigenvalue weighted by Crippen LogP contribution is -2.19. The van der Waals surface area contributed by atoms with Crippen molar-refractivity contribution < 1.29 is 0 Å². The second-order valence-corrected chi connectivity index (χ2v) is 6.76. The van der Waals surface area contributed by atoms with Gasteiger partial charge in [-0.3, -0.25) is 5.01 Å². The number of hydrazone groups is 1. The van der Waals surface area contributed by atoms with Crippen LogP contribution in [0.4, 0.5) is 5.69 Å². The molecule has 2 nitrogen and oxygen atoms in total. The Labute approximate surface area is 157 Å². The Kier molecular flexibility index (Phi) is 4.48. The third-order valence-electron chi connectivity index (χ3n) is 4.37. The molecule has 0 bridgehead atoms. The van der Waals surface area contributed by atoms with Gasteiger partial charge in [-0.2, -0.15) is 5.10 Å². The Bertz CT molecular complexity index is 887. The first-order valence-corrected chi connectivity index (χ1v) is 8.91. The van der Waals surface area contributed by atoms with E-state index in [1.54, 1.807) is 0 Å². The maximum Gasteiger partial charge on any atom is 0.0860 e. The summed E-state index contributed by atoms with van der Waals surface area (Å²) in [6.45, 7) is 0. The summed E-state index contributed by atoms with van der Waals surface area (Å²) in [5.74, 6) is 0. The first kappa shape index (κ1) is 16.2. The SMILES string of the molecule is Clc1cccc(Cl)c1[C@H]1CC(c2ccccc2)=NN1c1ccccc1. The number of rotatable bonds is 3. The van der Waals surface area contributed by atoms with E-state index in [1.165, 1.54) is 0 Å². The molecular weight excluding hydrogens is 351 g/mol. The van der Waals surface area contributed by atoms with Crippen molar-refractivity contribution >= 4 is 34.6 Å². The van der Waals surface area contributed by atoms with E-state index in [2.05, 4.69) is 24.3 Å².